The molecule has 1 heterocycles. The molecule has 3 rings (SSSR count). The standard InChI is InChI=1S/C15H9ClF3N3OS/c16-9-2-4-10(5-3-9)20-13(23)22-14-21-11-7-8(15(17,18)19)1-6-12(11)24-14/h1-7H,(H2,20,21,22,23). The van der Waals surface area contributed by atoms with E-state index < -0.39 is 17.8 Å². The fourth-order valence-corrected chi connectivity index (χ4v) is 2.92. The van der Waals surface area contributed by atoms with Crippen molar-refractivity contribution in [2.75, 3.05) is 10.6 Å². The lowest BCUT2D eigenvalue weighted by Gasteiger charge is -2.05. The van der Waals surface area contributed by atoms with E-state index in [-0.39, 0.29) is 10.6 Å². The smallest absolute Gasteiger partial charge is 0.308 e. The van der Waals surface area contributed by atoms with Gasteiger partial charge in [-0.15, -0.1) is 0 Å². The number of anilines is 2. The van der Waals surface area contributed by atoms with E-state index >= 15 is 0 Å². The van der Waals surface area contributed by atoms with E-state index in [0.717, 1.165) is 23.5 Å². The topological polar surface area (TPSA) is 54.0 Å². The Morgan fingerprint density at radius 1 is 1.08 bits per heavy atom. The zero-order valence-corrected chi connectivity index (χ0v) is 13.4. The number of hydrogen-bond donors (Lipinski definition) is 2. The van der Waals surface area contributed by atoms with Crippen LogP contribution in [-0.4, -0.2) is 11.0 Å². The van der Waals surface area contributed by atoms with E-state index in [4.69, 9.17) is 11.6 Å². The number of amides is 2. The van der Waals surface area contributed by atoms with Gasteiger partial charge in [-0.1, -0.05) is 22.9 Å². The van der Waals surface area contributed by atoms with Crippen LogP contribution >= 0.6 is 22.9 Å². The first-order valence-corrected chi connectivity index (χ1v) is 7.82. The summed E-state index contributed by atoms with van der Waals surface area (Å²) in [6.07, 6.45) is -4.43. The Labute approximate surface area is 143 Å². The lowest BCUT2D eigenvalue weighted by molar-refractivity contribution is -0.137. The number of nitrogens with zero attached hydrogens (tertiary/aromatic N) is 1. The van der Waals surface area contributed by atoms with Crippen molar-refractivity contribution in [1.29, 1.82) is 0 Å². The summed E-state index contributed by atoms with van der Waals surface area (Å²) in [7, 11) is 0. The zero-order valence-electron chi connectivity index (χ0n) is 11.8. The molecule has 0 bridgehead atoms. The Bertz CT molecular complexity index is 893. The van der Waals surface area contributed by atoms with E-state index in [9.17, 15) is 18.0 Å². The molecule has 1 aromatic heterocycles. The van der Waals surface area contributed by atoms with Gasteiger partial charge in [0.2, 0.25) is 0 Å². The van der Waals surface area contributed by atoms with Gasteiger partial charge >= 0.3 is 12.2 Å². The van der Waals surface area contributed by atoms with Gasteiger partial charge < -0.3 is 5.32 Å². The first kappa shape index (κ1) is 16.5. The molecule has 3 aromatic rings. The fourth-order valence-electron chi connectivity index (χ4n) is 1.95. The first-order chi connectivity index (χ1) is 11.3. The van der Waals surface area contributed by atoms with Crippen LogP contribution in [0, 0.1) is 0 Å². The average Bonchev–Trinajstić information content (AvgIpc) is 2.89. The van der Waals surface area contributed by atoms with E-state index in [1.165, 1.54) is 6.07 Å². The summed E-state index contributed by atoms with van der Waals surface area (Å²) >= 11 is 6.84. The van der Waals surface area contributed by atoms with E-state index in [0.29, 0.717) is 15.4 Å². The molecule has 0 unspecified atom stereocenters. The lowest BCUT2D eigenvalue weighted by Crippen LogP contribution is -2.19. The molecular weight excluding hydrogens is 363 g/mol. The van der Waals surface area contributed by atoms with Gasteiger partial charge in [-0.05, 0) is 42.5 Å². The van der Waals surface area contributed by atoms with Gasteiger partial charge in [-0.3, -0.25) is 5.32 Å². The van der Waals surface area contributed by atoms with Crippen molar-refractivity contribution in [1.82, 2.24) is 4.98 Å². The summed E-state index contributed by atoms with van der Waals surface area (Å²) in [5.74, 6) is 0. The van der Waals surface area contributed by atoms with Gasteiger partial charge in [0.05, 0.1) is 15.8 Å². The SMILES string of the molecule is O=C(Nc1ccc(Cl)cc1)Nc1nc2cc(C(F)(F)F)ccc2s1. The third kappa shape index (κ3) is 3.77. The van der Waals surface area contributed by atoms with E-state index in [2.05, 4.69) is 15.6 Å². The second-order valence-corrected chi connectivity index (χ2v) is 6.25. The third-order valence-electron chi connectivity index (χ3n) is 3.04. The first-order valence-electron chi connectivity index (χ1n) is 6.62. The van der Waals surface area contributed by atoms with Crippen LogP contribution in [0.25, 0.3) is 10.2 Å². The fraction of sp³-hybridized carbons (Fsp3) is 0.0667. The highest BCUT2D eigenvalue weighted by Crippen LogP contribution is 2.34. The number of fused-ring (bicyclic) bond motifs is 1. The van der Waals surface area contributed by atoms with Gasteiger partial charge in [0.1, 0.15) is 0 Å². The summed E-state index contributed by atoms with van der Waals surface area (Å²) in [6.45, 7) is 0. The third-order valence-corrected chi connectivity index (χ3v) is 4.24. The van der Waals surface area contributed by atoms with Gasteiger partial charge in [0.15, 0.2) is 5.13 Å². The highest BCUT2D eigenvalue weighted by Gasteiger charge is 2.30. The van der Waals surface area contributed by atoms with Gasteiger partial charge in [0, 0.05) is 10.7 Å². The Morgan fingerprint density at radius 2 is 1.79 bits per heavy atom. The number of alkyl halides is 3. The Morgan fingerprint density at radius 3 is 2.46 bits per heavy atom. The minimum absolute atomic E-state index is 0.177. The van der Waals surface area contributed by atoms with Crippen LogP contribution in [0.2, 0.25) is 5.02 Å². The number of carbonyl (C=O) groups is 1. The predicted molar refractivity (Wildman–Crippen MR) is 88.7 cm³/mol. The zero-order chi connectivity index (χ0) is 17.3. The Balaban J connectivity index is 1.75. The van der Waals surface area contributed by atoms with Crippen molar-refractivity contribution in [2.45, 2.75) is 6.18 Å². The van der Waals surface area contributed by atoms with Crippen LogP contribution in [0.1, 0.15) is 5.56 Å². The maximum absolute atomic E-state index is 12.7. The van der Waals surface area contributed by atoms with Crippen molar-refractivity contribution in [3.63, 3.8) is 0 Å². The molecule has 9 heteroatoms. The number of halogens is 4. The highest BCUT2D eigenvalue weighted by molar-refractivity contribution is 7.22. The van der Waals surface area contributed by atoms with Crippen LogP contribution in [0.15, 0.2) is 42.5 Å². The second-order valence-electron chi connectivity index (χ2n) is 4.79. The summed E-state index contributed by atoms with van der Waals surface area (Å²) in [5, 5.41) is 5.81. The average molecular weight is 372 g/mol. The number of aromatic nitrogens is 1. The normalized spacial score (nSPS) is 11.5. The van der Waals surface area contributed by atoms with Crippen LogP contribution in [0.4, 0.5) is 28.8 Å². The number of carbonyl (C=O) groups excluding carboxylic acids is 1. The molecule has 0 saturated carbocycles. The van der Waals surface area contributed by atoms with Gasteiger partial charge in [-0.25, -0.2) is 9.78 Å². The molecule has 0 saturated heterocycles. The molecule has 4 nitrogen and oxygen atoms in total. The molecule has 0 spiro atoms. The van der Waals surface area contributed by atoms with Crippen LogP contribution in [0.3, 0.4) is 0 Å². The minimum Gasteiger partial charge on any atom is -0.308 e. The summed E-state index contributed by atoms with van der Waals surface area (Å²) in [4.78, 5) is 15.9. The highest BCUT2D eigenvalue weighted by atomic mass is 35.5. The molecule has 2 N–H and O–H groups in total. The van der Waals surface area contributed by atoms with Crippen molar-refractivity contribution in [3.05, 3.63) is 53.1 Å². The van der Waals surface area contributed by atoms with Crippen LogP contribution in [0.5, 0.6) is 0 Å². The monoisotopic (exact) mass is 371 g/mol. The predicted octanol–water partition coefficient (Wildman–Crippen LogP) is 5.61. The number of benzene rings is 2. The van der Waals surface area contributed by atoms with Crippen LogP contribution < -0.4 is 10.6 Å². The quantitative estimate of drug-likeness (QED) is 0.615. The molecule has 2 amide bonds. The molecule has 0 atom stereocenters. The van der Waals surface area contributed by atoms with Gasteiger partial charge in [0.25, 0.3) is 0 Å². The van der Waals surface area contributed by atoms with Crippen LogP contribution in [-0.2, 0) is 6.18 Å². The molecule has 0 fully saturated rings. The number of thiazole rings is 1. The van der Waals surface area contributed by atoms with E-state index in [1.54, 1.807) is 24.3 Å². The van der Waals surface area contributed by atoms with E-state index in [1.807, 2.05) is 0 Å². The maximum atomic E-state index is 12.7. The van der Waals surface area contributed by atoms with Gasteiger partial charge in [-0.2, -0.15) is 13.2 Å². The van der Waals surface area contributed by atoms with Crippen molar-refractivity contribution in [2.24, 2.45) is 0 Å². The van der Waals surface area contributed by atoms with Crippen molar-refractivity contribution < 1.29 is 18.0 Å². The summed E-state index contributed by atoms with van der Waals surface area (Å²) in [6, 6.07) is 9.20. The Hall–Kier alpha value is -2.32. The summed E-state index contributed by atoms with van der Waals surface area (Å²) < 4.78 is 38.6. The molecule has 124 valence electrons. The molecule has 0 radical (unpaired) electrons. The molecule has 0 aliphatic rings. The summed E-state index contributed by atoms with van der Waals surface area (Å²) in [5.41, 5.74) is -0.0774. The largest absolute Gasteiger partial charge is 0.416 e. The number of rotatable bonds is 2. The minimum atomic E-state index is -4.43. The van der Waals surface area contributed by atoms with Crippen molar-refractivity contribution in [3.8, 4) is 0 Å². The molecule has 24 heavy (non-hydrogen) atoms. The number of hydrogen-bond acceptors (Lipinski definition) is 3. The molecule has 0 aliphatic heterocycles. The maximum Gasteiger partial charge on any atom is 0.416 e. The molecule has 2 aromatic carbocycles. The number of nitrogens with one attached hydrogen (secondary N) is 2. The molecule has 0 aliphatic carbocycles. The lowest BCUT2D eigenvalue weighted by atomic mass is 10.2. The van der Waals surface area contributed by atoms with Crippen molar-refractivity contribution >= 4 is 50.0 Å². The second kappa shape index (κ2) is 6.29. The Kier molecular flexibility index (Phi) is 4.33. The molecular formula is C15H9ClF3N3OS. The number of urea groups is 1.